The summed E-state index contributed by atoms with van der Waals surface area (Å²) < 4.78 is 43.3. The number of aromatic nitrogens is 2. The number of aryl methyl sites for hydroxylation is 2. The summed E-state index contributed by atoms with van der Waals surface area (Å²) in [5.74, 6) is 1.08. The normalized spacial score (nSPS) is 16.3. The summed E-state index contributed by atoms with van der Waals surface area (Å²) in [7, 11) is 0. The lowest BCUT2D eigenvalue weighted by Crippen LogP contribution is -2.32. The average molecular weight is 527 g/mol. The average Bonchev–Trinajstić information content (AvgIpc) is 3.31. The number of fused-ring (bicyclic) bond motifs is 1. The lowest BCUT2D eigenvalue weighted by molar-refractivity contribution is -0.274. The molecule has 1 amide bonds. The van der Waals surface area contributed by atoms with Crippen LogP contribution in [0.25, 0.3) is 0 Å². The van der Waals surface area contributed by atoms with E-state index in [1.165, 1.54) is 12.1 Å². The van der Waals surface area contributed by atoms with Gasteiger partial charge in [-0.15, -0.1) is 13.2 Å². The second kappa shape index (κ2) is 11.1. The molecular weight excluding hydrogens is 493 g/mol. The predicted molar refractivity (Wildman–Crippen MR) is 139 cm³/mol. The molecule has 0 spiro atoms. The Kier molecular flexibility index (Phi) is 7.63. The van der Waals surface area contributed by atoms with Gasteiger partial charge in [0.15, 0.2) is 0 Å². The van der Waals surface area contributed by atoms with E-state index in [1.54, 1.807) is 12.1 Å². The van der Waals surface area contributed by atoms with Gasteiger partial charge in [-0.2, -0.15) is 0 Å². The minimum atomic E-state index is -4.67. The molecule has 38 heavy (non-hydrogen) atoms. The number of amides is 1. The van der Waals surface area contributed by atoms with Gasteiger partial charge in [0.05, 0.1) is 5.69 Å². The van der Waals surface area contributed by atoms with E-state index >= 15 is 0 Å². The quantitative estimate of drug-likeness (QED) is 0.411. The molecule has 1 fully saturated rings. The van der Waals surface area contributed by atoms with Crippen molar-refractivity contribution in [3.63, 3.8) is 0 Å². The topological polar surface area (TPSA) is 59.4 Å². The fraction of sp³-hybridized carbons (Fsp3) is 0.448. The number of nitrogens with one attached hydrogen (secondary N) is 1. The number of anilines is 1. The molecule has 3 heterocycles. The highest BCUT2D eigenvalue weighted by Crippen LogP contribution is 2.32. The monoisotopic (exact) mass is 526 g/mol. The molecule has 0 atom stereocenters. The number of carbonyl (C=O) groups excluding carboxylic acids is 1. The van der Waals surface area contributed by atoms with Crippen LogP contribution in [0.5, 0.6) is 5.75 Å². The molecule has 2 aliphatic heterocycles. The molecule has 0 bridgehead atoms. The van der Waals surface area contributed by atoms with Crippen LogP contribution in [0.2, 0.25) is 0 Å². The summed E-state index contributed by atoms with van der Waals surface area (Å²) in [4.78, 5) is 20.1. The van der Waals surface area contributed by atoms with E-state index in [-0.39, 0.29) is 11.7 Å². The maximum atomic E-state index is 13.0. The third kappa shape index (κ3) is 5.97. The zero-order chi connectivity index (χ0) is 26.7. The number of alkyl halides is 3. The van der Waals surface area contributed by atoms with Crippen LogP contribution in [0.1, 0.15) is 71.7 Å². The zero-order valence-corrected chi connectivity index (χ0v) is 21.6. The Hall–Kier alpha value is -3.49. The van der Waals surface area contributed by atoms with E-state index in [9.17, 15) is 18.0 Å². The van der Waals surface area contributed by atoms with Crippen LogP contribution >= 0.6 is 0 Å². The van der Waals surface area contributed by atoms with E-state index in [0.717, 1.165) is 86.5 Å². The summed E-state index contributed by atoms with van der Waals surface area (Å²) >= 11 is 0. The Morgan fingerprint density at radius 2 is 1.74 bits per heavy atom. The number of piperidine rings is 1. The van der Waals surface area contributed by atoms with Crippen molar-refractivity contribution in [2.24, 2.45) is 0 Å². The van der Waals surface area contributed by atoms with E-state index < -0.39 is 6.36 Å². The lowest BCUT2D eigenvalue weighted by atomic mass is 9.89. The number of ether oxygens (including phenoxy) is 1. The molecule has 3 aromatic rings. The van der Waals surface area contributed by atoms with E-state index in [0.29, 0.717) is 18.2 Å². The summed E-state index contributed by atoms with van der Waals surface area (Å²) in [5.41, 5.74) is 4.80. The van der Waals surface area contributed by atoms with Gasteiger partial charge >= 0.3 is 6.36 Å². The van der Waals surface area contributed by atoms with E-state index in [1.807, 2.05) is 19.1 Å². The van der Waals surface area contributed by atoms with Crippen molar-refractivity contribution in [2.75, 3.05) is 18.0 Å². The molecule has 0 saturated carbocycles. The molecule has 0 radical (unpaired) electrons. The number of halogens is 3. The first-order chi connectivity index (χ1) is 18.3. The molecule has 1 aromatic heterocycles. The largest absolute Gasteiger partial charge is 0.573 e. The molecule has 9 heteroatoms. The fourth-order valence-corrected chi connectivity index (χ4v) is 5.54. The summed E-state index contributed by atoms with van der Waals surface area (Å²) in [6.45, 7) is 5.09. The predicted octanol–water partition coefficient (Wildman–Crippen LogP) is 5.99. The second-order valence-corrected chi connectivity index (χ2v) is 10.0. The van der Waals surface area contributed by atoms with Crippen molar-refractivity contribution < 1.29 is 22.7 Å². The van der Waals surface area contributed by atoms with Crippen LogP contribution in [-0.2, 0) is 25.9 Å². The molecule has 0 aliphatic carbocycles. The maximum absolute atomic E-state index is 13.0. The van der Waals surface area contributed by atoms with Gasteiger partial charge in [0.2, 0.25) is 0 Å². The summed E-state index contributed by atoms with van der Waals surface area (Å²) in [5, 5.41) is 3.08. The molecule has 0 unspecified atom stereocenters. The molecule has 6 nitrogen and oxygen atoms in total. The maximum Gasteiger partial charge on any atom is 0.573 e. The third-order valence-electron chi connectivity index (χ3n) is 7.54. The van der Waals surface area contributed by atoms with Crippen LogP contribution in [0, 0.1) is 0 Å². The first-order valence-corrected chi connectivity index (χ1v) is 13.4. The van der Waals surface area contributed by atoms with Gasteiger partial charge < -0.3 is 19.5 Å². The molecule has 5 rings (SSSR count). The number of hydrogen-bond donors (Lipinski definition) is 1. The SMILES string of the molecule is CCc1nc2n(c1C(=O)NCc1ccc(N3CCC(c4ccc(OC(F)(F)F)cc4)CC3)cc1)CCCC2. The van der Waals surface area contributed by atoms with Crippen molar-refractivity contribution >= 4 is 11.6 Å². The fourth-order valence-electron chi connectivity index (χ4n) is 5.54. The Morgan fingerprint density at radius 3 is 2.39 bits per heavy atom. The number of rotatable bonds is 7. The van der Waals surface area contributed by atoms with Crippen molar-refractivity contribution in [2.45, 2.75) is 70.8 Å². The Balaban J connectivity index is 1.13. The number of imidazole rings is 1. The van der Waals surface area contributed by atoms with Gasteiger partial charge in [-0.3, -0.25) is 4.79 Å². The summed E-state index contributed by atoms with van der Waals surface area (Å²) in [6, 6.07) is 14.5. The van der Waals surface area contributed by atoms with Gasteiger partial charge in [-0.05, 0) is 73.4 Å². The highest BCUT2D eigenvalue weighted by atomic mass is 19.4. The highest BCUT2D eigenvalue weighted by Gasteiger charge is 2.31. The van der Waals surface area contributed by atoms with E-state index in [2.05, 4.69) is 31.7 Å². The van der Waals surface area contributed by atoms with Crippen molar-refractivity contribution in [3.05, 3.63) is 76.9 Å². The Morgan fingerprint density at radius 1 is 1.03 bits per heavy atom. The number of carbonyl (C=O) groups is 1. The van der Waals surface area contributed by atoms with Crippen LogP contribution in [0.4, 0.5) is 18.9 Å². The Labute approximate surface area is 220 Å². The highest BCUT2D eigenvalue weighted by molar-refractivity contribution is 5.94. The lowest BCUT2D eigenvalue weighted by Gasteiger charge is -2.34. The second-order valence-electron chi connectivity index (χ2n) is 10.0. The van der Waals surface area contributed by atoms with Crippen LogP contribution in [0.3, 0.4) is 0 Å². The molecular formula is C29H33F3N4O2. The zero-order valence-electron chi connectivity index (χ0n) is 21.6. The summed E-state index contributed by atoms with van der Waals surface area (Å²) in [6.07, 6.45) is 1.05. The number of benzene rings is 2. The van der Waals surface area contributed by atoms with Crippen LogP contribution in [0.15, 0.2) is 48.5 Å². The van der Waals surface area contributed by atoms with Crippen LogP contribution in [-0.4, -0.2) is 34.9 Å². The van der Waals surface area contributed by atoms with Gasteiger partial charge in [0, 0.05) is 38.3 Å². The van der Waals surface area contributed by atoms with Gasteiger partial charge in [-0.1, -0.05) is 31.2 Å². The minimum Gasteiger partial charge on any atom is -0.406 e. The Bertz CT molecular complexity index is 1240. The van der Waals surface area contributed by atoms with Gasteiger partial charge in [-0.25, -0.2) is 4.98 Å². The minimum absolute atomic E-state index is 0.0633. The van der Waals surface area contributed by atoms with Crippen molar-refractivity contribution in [3.8, 4) is 5.75 Å². The van der Waals surface area contributed by atoms with E-state index in [4.69, 9.17) is 4.98 Å². The third-order valence-corrected chi connectivity index (χ3v) is 7.54. The smallest absolute Gasteiger partial charge is 0.406 e. The van der Waals surface area contributed by atoms with Crippen molar-refractivity contribution in [1.82, 2.24) is 14.9 Å². The standard InChI is InChI=1S/C29H33F3N4O2/c1-2-25-27(36-16-4-3-5-26(36)34-25)28(37)33-19-20-6-10-23(11-7-20)35-17-14-22(15-18-35)21-8-12-24(13-9-21)38-29(30,31)32/h6-13,22H,2-5,14-19H2,1H3,(H,33,37). The molecule has 1 N–H and O–H groups in total. The number of hydrogen-bond acceptors (Lipinski definition) is 4. The number of nitrogens with zero attached hydrogens (tertiary/aromatic N) is 3. The first kappa shape index (κ1) is 26.1. The molecule has 2 aliphatic rings. The molecule has 202 valence electrons. The molecule has 1 saturated heterocycles. The van der Waals surface area contributed by atoms with Gasteiger partial charge in [0.25, 0.3) is 5.91 Å². The van der Waals surface area contributed by atoms with Crippen molar-refractivity contribution in [1.29, 1.82) is 0 Å². The first-order valence-electron chi connectivity index (χ1n) is 13.4. The van der Waals surface area contributed by atoms with Gasteiger partial charge in [0.1, 0.15) is 17.3 Å². The molecule has 2 aromatic carbocycles. The van der Waals surface area contributed by atoms with Crippen LogP contribution < -0.4 is 15.0 Å².